The van der Waals surface area contributed by atoms with Crippen LogP contribution in [-0.2, 0) is 4.74 Å². The number of ether oxygens (including phenoxy) is 1. The number of hydrogen-bond acceptors (Lipinski definition) is 7. The summed E-state index contributed by atoms with van der Waals surface area (Å²) in [6.45, 7) is 9.70. The van der Waals surface area contributed by atoms with E-state index in [1.807, 2.05) is 58.0 Å². The first-order chi connectivity index (χ1) is 17.1. The number of H-pyrrole nitrogens is 1. The van der Waals surface area contributed by atoms with Crippen LogP contribution in [0.1, 0.15) is 63.4 Å². The van der Waals surface area contributed by atoms with Crippen LogP contribution in [0.15, 0.2) is 39.5 Å². The number of aromatic nitrogens is 5. The molecule has 188 valence electrons. The summed E-state index contributed by atoms with van der Waals surface area (Å²) in [5, 5.41) is 11.5. The van der Waals surface area contributed by atoms with Crippen molar-refractivity contribution in [3.8, 4) is 22.6 Å². The van der Waals surface area contributed by atoms with Crippen LogP contribution in [-0.4, -0.2) is 47.9 Å². The highest BCUT2D eigenvalue weighted by Gasteiger charge is 2.35. The van der Waals surface area contributed by atoms with Crippen molar-refractivity contribution in [3.63, 3.8) is 0 Å². The molecular weight excluding hydrogens is 460 g/mol. The summed E-state index contributed by atoms with van der Waals surface area (Å²) in [6, 6.07) is 9.40. The molecule has 5 rings (SSSR count). The quantitative estimate of drug-likeness (QED) is 0.437. The van der Waals surface area contributed by atoms with E-state index in [1.54, 1.807) is 11.8 Å². The fraction of sp³-hybridized carbons (Fsp3) is 0.423. The maximum absolute atomic E-state index is 13.5. The predicted octanol–water partition coefficient (Wildman–Crippen LogP) is 4.82. The van der Waals surface area contributed by atoms with Crippen molar-refractivity contribution < 1.29 is 13.9 Å². The Balaban J connectivity index is 1.53. The maximum Gasteiger partial charge on any atom is 0.410 e. The zero-order valence-electron chi connectivity index (χ0n) is 21.2. The molecule has 10 nitrogen and oxygen atoms in total. The molecular formula is C26H30N6O4. The topological polar surface area (TPSA) is 119 Å². The van der Waals surface area contributed by atoms with E-state index in [4.69, 9.17) is 14.1 Å². The monoisotopic (exact) mass is 490 g/mol. The van der Waals surface area contributed by atoms with Gasteiger partial charge in [0.05, 0.1) is 5.69 Å². The number of nitrogens with one attached hydrogen (secondary N) is 1. The summed E-state index contributed by atoms with van der Waals surface area (Å²) in [4.78, 5) is 32.7. The number of rotatable bonds is 3. The van der Waals surface area contributed by atoms with Gasteiger partial charge in [0, 0.05) is 17.8 Å². The fourth-order valence-electron chi connectivity index (χ4n) is 4.68. The first kappa shape index (κ1) is 23.8. The second kappa shape index (κ2) is 8.92. The van der Waals surface area contributed by atoms with E-state index in [-0.39, 0.29) is 22.9 Å². The lowest BCUT2D eigenvalue weighted by Gasteiger charge is -2.34. The van der Waals surface area contributed by atoms with Gasteiger partial charge in [-0.2, -0.15) is 0 Å². The van der Waals surface area contributed by atoms with Crippen LogP contribution in [0.2, 0.25) is 0 Å². The van der Waals surface area contributed by atoms with E-state index in [0.29, 0.717) is 24.3 Å². The Kier molecular flexibility index (Phi) is 5.89. The maximum atomic E-state index is 13.5. The molecule has 0 aliphatic carbocycles. The standard InChI is InChI=1S/C26H30N6O4/c1-15-20(24(33)32-21(27-15)19(16(2)30-32)17-11-7-6-8-12-17)23-29-28-22(35-23)18-13-9-10-14-31(18)25(34)36-26(3,4)5/h6-8,11-12,18,30H,9-10,13-14H2,1-5H3. The minimum Gasteiger partial charge on any atom is -0.444 e. The van der Waals surface area contributed by atoms with Crippen molar-refractivity contribution in [2.24, 2.45) is 0 Å². The molecule has 3 aromatic heterocycles. The number of piperidine rings is 1. The lowest BCUT2D eigenvalue weighted by atomic mass is 10.0. The van der Waals surface area contributed by atoms with Gasteiger partial charge < -0.3 is 9.15 Å². The van der Waals surface area contributed by atoms with Gasteiger partial charge in [0.2, 0.25) is 5.89 Å². The van der Waals surface area contributed by atoms with Gasteiger partial charge in [0.25, 0.3) is 11.4 Å². The minimum atomic E-state index is -0.612. The van der Waals surface area contributed by atoms with Gasteiger partial charge in [-0.3, -0.25) is 14.8 Å². The summed E-state index contributed by atoms with van der Waals surface area (Å²) >= 11 is 0. The highest BCUT2D eigenvalue weighted by molar-refractivity contribution is 5.80. The van der Waals surface area contributed by atoms with Crippen molar-refractivity contribution in [1.82, 2.24) is 29.7 Å². The first-order valence-corrected chi connectivity index (χ1v) is 12.1. The molecule has 1 unspecified atom stereocenters. The Hall–Kier alpha value is -3.95. The Morgan fingerprint density at radius 1 is 1.11 bits per heavy atom. The molecule has 1 aliphatic heterocycles. The Morgan fingerprint density at radius 3 is 2.58 bits per heavy atom. The third-order valence-electron chi connectivity index (χ3n) is 6.28. The van der Waals surface area contributed by atoms with Gasteiger partial charge >= 0.3 is 6.09 Å². The van der Waals surface area contributed by atoms with E-state index < -0.39 is 17.7 Å². The molecule has 4 heterocycles. The number of aromatic amines is 1. The molecule has 1 atom stereocenters. The number of hydrogen-bond donors (Lipinski definition) is 1. The molecule has 1 saturated heterocycles. The second-order valence-corrected chi connectivity index (χ2v) is 10.1. The third kappa shape index (κ3) is 4.27. The number of amides is 1. The van der Waals surface area contributed by atoms with Crippen molar-refractivity contribution in [2.75, 3.05) is 6.54 Å². The molecule has 1 fully saturated rings. The number of nitrogens with zero attached hydrogens (tertiary/aromatic N) is 5. The first-order valence-electron chi connectivity index (χ1n) is 12.1. The highest BCUT2D eigenvalue weighted by Crippen LogP contribution is 2.33. The zero-order valence-corrected chi connectivity index (χ0v) is 21.2. The highest BCUT2D eigenvalue weighted by atomic mass is 16.6. The molecule has 1 aromatic carbocycles. The number of aryl methyl sites for hydroxylation is 2. The molecule has 1 N–H and O–H groups in total. The third-order valence-corrected chi connectivity index (χ3v) is 6.28. The number of fused-ring (bicyclic) bond motifs is 1. The van der Waals surface area contributed by atoms with Crippen molar-refractivity contribution in [3.05, 3.63) is 58.0 Å². The average molecular weight is 491 g/mol. The van der Waals surface area contributed by atoms with Crippen molar-refractivity contribution >= 4 is 11.7 Å². The van der Waals surface area contributed by atoms with Crippen LogP contribution in [0.4, 0.5) is 4.79 Å². The van der Waals surface area contributed by atoms with Gasteiger partial charge in [-0.15, -0.1) is 10.2 Å². The second-order valence-electron chi connectivity index (χ2n) is 10.1. The van der Waals surface area contributed by atoms with E-state index in [0.717, 1.165) is 29.7 Å². The van der Waals surface area contributed by atoms with E-state index in [2.05, 4.69) is 15.3 Å². The summed E-state index contributed by atoms with van der Waals surface area (Å²) in [7, 11) is 0. The molecule has 0 radical (unpaired) electrons. The van der Waals surface area contributed by atoms with Crippen molar-refractivity contribution in [2.45, 2.75) is 65.5 Å². The normalized spacial score (nSPS) is 16.5. The molecule has 10 heteroatoms. The molecule has 1 amide bonds. The molecule has 0 saturated carbocycles. The van der Waals surface area contributed by atoms with Crippen LogP contribution in [0, 0.1) is 13.8 Å². The molecule has 36 heavy (non-hydrogen) atoms. The summed E-state index contributed by atoms with van der Waals surface area (Å²) in [6.07, 6.45) is 2.04. The predicted molar refractivity (Wildman–Crippen MR) is 134 cm³/mol. The number of carbonyl (C=O) groups is 1. The average Bonchev–Trinajstić information content (AvgIpc) is 3.43. The van der Waals surface area contributed by atoms with Crippen LogP contribution < -0.4 is 5.56 Å². The van der Waals surface area contributed by atoms with Crippen LogP contribution in [0.5, 0.6) is 0 Å². The lowest BCUT2D eigenvalue weighted by Crippen LogP contribution is -2.42. The fourth-order valence-corrected chi connectivity index (χ4v) is 4.68. The Labute approximate surface area is 208 Å². The number of likely N-dealkylation sites (tertiary alicyclic amines) is 1. The SMILES string of the molecule is Cc1nc2c(-c3ccccc3)c(C)[nH]n2c(=O)c1-c1nnc(C2CCCCN2C(=O)OC(C)(C)C)o1. The number of benzene rings is 1. The molecule has 1 aliphatic rings. The van der Waals surface area contributed by atoms with Crippen LogP contribution in [0.3, 0.4) is 0 Å². The van der Waals surface area contributed by atoms with Gasteiger partial charge in [0.1, 0.15) is 17.2 Å². The van der Waals surface area contributed by atoms with Gasteiger partial charge in [-0.05, 0) is 59.4 Å². The van der Waals surface area contributed by atoms with E-state index >= 15 is 0 Å². The van der Waals surface area contributed by atoms with E-state index in [1.165, 1.54) is 4.52 Å². The van der Waals surface area contributed by atoms with Crippen LogP contribution >= 0.6 is 0 Å². The summed E-state index contributed by atoms with van der Waals surface area (Å²) in [5.74, 6) is 0.365. The molecule has 4 aromatic rings. The van der Waals surface area contributed by atoms with Gasteiger partial charge in [-0.25, -0.2) is 14.3 Å². The van der Waals surface area contributed by atoms with Crippen LogP contribution in [0.25, 0.3) is 28.2 Å². The minimum absolute atomic E-state index is 0.0811. The summed E-state index contributed by atoms with van der Waals surface area (Å²) < 4.78 is 13.0. The van der Waals surface area contributed by atoms with Crippen molar-refractivity contribution in [1.29, 1.82) is 0 Å². The smallest absolute Gasteiger partial charge is 0.410 e. The zero-order chi connectivity index (χ0) is 25.6. The van der Waals surface area contributed by atoms with Gasteiger partial charge in [-0.1, -0.05) is 30.3 Å². The largest absolute Gasteiger partial charge is 0.444 e. The molecule has 0 spiro atoms. The van der Waals surface area contributed by atoms with E-state index in [9.17, 15) is 9.59 Å². The lowest BCUT2D eigenvalue weighted by molar-refractivity contribution is 0.00614. The molecule has 0 bridgehead atoms. The number of carbonyl (C=O) groups excluding carboxylic acids is 1. The summed E-state index contributed by atoms with van der Waals surface area (Å²) in [5.41, 5.74) is 2.96. The van der Waals surface area contributed by atoms with Gasteiger partial charge in [0.15, 0.2) is 5.65 Å². The Morgan fingerprint density at radius 2 is 1.86 bits per heavy atom. The Bertz CT molecular complexity index is 1480.